The van der Waals surface area contributed by atoms with Crippen LogP contribution in [0.25, 0.3) is 0 Å². The summed E-state index contributed by atoms with van der Waals surface area (Å²) in [6.07, 6.45) is 16.4. The van der Waals surface area contributed by atoms with Gasteiger partial charge in [0, 0.05) is 0 Å². The van der Waals surface area contributed by atoms with Crippen LogP contribution in [0.15, 0.2) is 11.6 Å². The molecule has 0 rings (SSSR count). The van der Waals surface area contributed by atoms with Crippen LogP contribution >= 0.6 is 0 Å². The highest BCUT2D eigenvalue weighted by molar-refractivity contribution is 5.03. The molecule has 0 aromatic rings. The molecule has 3 unspecified atom stereocenters. The summed E-state index contributed by atoms with van der Waals surface area (Å²) in [4.78, 5) is 0. The maximum absolute atomic E-state index is 2.56. The fourth-order valence-corrected chi connectivity index (χ4v) is 3.61. The molecule has 0 spiro atoms. The summed E-state index contributed by atoms with van der Waals surface area (Å²) in [6, 6.07) is 0. The van der Waals surface area contributed by atoms with Crippen molar-refractivity contribution in [3.8, 4) is 0 Å². The third-order valence-corrected chi connectivity index (χ3v) is 6.05. The molecule has 0 radical (unpaired) electrons. The molecule has 0 fully saturated rings. The van der Waals surface area contributed by atoms with Gasteiger partial charge >= 0.3 is 0 Å². The monoisotopic (exact) mass is 350 g/mol. The minimum Gasteiger partial charge on any atom is -0.0853 e. The van der Waals surface area contributed by atoms with Crippen LogP contribution in [0.1, 0.15) is 120 Å². The maximum Gasteiger partial charge on any atom is -0.0206 e. The predicted octanol–water partition coefficient (Wildman–Crippen LogP) is 9.05. The summed E-state index contributed by atoms with van der Waals surface area (Å²) >= 11 is 0. The van der Waals surface area contributed by atoms with Gasteiger partial charge in [-0.2, -0.15) is 0 Å². The topological polar surface area (TPSA) is 0 Å². The first-order valence-electron chi connectivity index (χ1n) is 11.4. The lowest BCUT2D eigenvalue weighted by atomic mass is 9.84. The number of hydrogen-bond acceptors (Lipinski definition) is 0. The standard InChI is InChI=1S/C25H50/c1-9-22(6)16-18-25(24(8)15-11-13-21(4)5)19-17-23(7)14-10-12-20(2)3/h15,20-23,25H,9-14,16-19H2,1-8H3. The van der Waals surface area contributed by atoms with E-state index in [9.17, 15) is 0 Å². The van der Waals surface area contributed by atoms with E-state index in [4.69, 9.17) is 0 Å². The molecule has 0 aliphatic rings. The van der Waals surface area contributed by atoms with Crippen LogP contribution in [0.4, 0.5) is 0 Å². The Kier molecular flexibility index (Phi) is 14.7. The average Bonchev–Trinajstić information content (AvgIpc) is 2.53. The Bertz CT molecular complexity index is 323. The van der Waals surface area contributed by atoms with E-state index in [1.165, 1.54) is 64.2 Å². The minimum absolute atomic E-state index is 0.823. The molecule has 0 aromatic carbocycles. The molecule has 0 heterocycles. The van der Waals surface area contributed by atoms with Crippen molar-refractivity contribution in [2.45, 2.75) is 120 Å². The highest BCUT2D eigenvalue weighted by atomic mass is 14.2. The highest BCUT2D eigenvalue weighted by Crippen LogP contribution is 2.29. The van der Waals surface area contributed by atoms with Gasteiger partial charge in [-0.25, -0.2) is 0 Å². The van der Waals surface area contributed by atoms with E-state index in [2.05, 4.69) is 61.5 Å². The Hall–Kier alpha value is -0.260. The van der Waals surface area contributed by atoms with E-state index in [0.29, 0.717) is 0 Å². The SMILES string of the molecule is CCC(C)CCC(CCC(C)CCCC(C)C)C(C)=CCCC(C)C. The predicted molar refractivity (Wildman–Crippen MR) is 117 cm³/mol. The molecule has 0 aliphatic heterocycles. The molecule has 0 aliphatic carbocycles. The summed E-state index contributed by atoms with van der Waals surface area (Å²) in [7, 11) is 0. The smallest absolute Gasteiger partial charge is 0.0206 e. The van der Waals surface area contributed by atoms with Crippen LogP contribution in [0.2, 0.25) is 0 Å². The van der Waals surface area contributed by atoms with Crippen molar-refractivity contribution in [2.24, 2.45) is 29.6 Å². The second-order valence-electron chi connectivity index (χ2n) is 9.71. The summed E-state index contributed by atoms with van der Waals surface area (Å²) in [5.74, 6) is 4.29. The third-order valence-electron chi connectivity index (χ3n) is 6.05. The van der Waals surface area contributed by atoms with Gasteiger partial charge in [-0.05, 0) is 62.2 Å². The first kappa shape index (κ1) is 24.7. The normalized spacial score (nSPS) is 16.5. The molecule has 3 atom stereocenters. The number of rotatable bonds is 15. The van der Waals surface area contributed by atoms with Gasteiger partial charge in [-0.1, -0.05) is 98.6 Å². The lowest BCUT2D eigenvalue weighted by Gasteiger charge is -2.22. The Morgan fingerprint density at radius 1 is 0.680 bits per heavy atom. The van der Waals surface area contributed by atoms with Crippen LogP contribution in [-0.4, -0.2) is 0 Å². The lowest BCUT2D eigenvalue weighted by molar-refractivity contribution is 0.365. The van der Waals surface area contributed by atoms with Crippen molar-refractivity contribution < 1.29 is 0 Å². The third kappa shape index (κ3) is 14.6. The average molecular weight is 351 g/mol. The lowest BCUT2D eigenvalue weighted by Crippen LogP contribution is -2.08. The molecule has 0 nitrogen and oxygen atoms in total. The molecular weight excluding hydrogens is 300 g/mol. The second kappa shape index (κ2) is 14.9. The van der Waals surface area contributed by atoms with E-state index in [-0.39, 0.29) is 0 Å². The summed E-state index contributed by atoms with van der Waals surface area (Å²) < 4.78 is 0. The van der Waals surface area contributed by atoms with Gasteiger partial charge < -0.3 is 0 Å². The van der Waals surface area contributed by atoms with Crippen LogP contribution in [0, 0.1) is 29.6 Å². The van der Waals surface area contributed by atoms with Gasteiger partial charge in [-0.3, -0.25) is 0 Å². The Morgan fingerprint density at radius 2 is 1.24 bits per heavy atom. The Morgan fingerprint density at radius 3 is 1.76 bits per heavy atom. The number of hydrogen-bond donors (Lipinski definition) is 0. The molecular formula is C25H50. The maximum atomic E-state index is 2.56. The van der Waals surface area contributed by atoms with Gasteiger partial charge in [0.15, 0.2) is 0 Å². The van der Waals surface area contributed by atoms with E-state index in [1.54, 1.807) is 5.57 Å². The van der Waals surface area contributed by atoms with Crippen LogP contribution in [0.3, 0.4) is 0 Å². The molecule has 0 saturated carbocycles. The molecule has 0 amide bonds. The van der Waals surface area contributed by atoms with Crippen molar-refractivity contribution in [1.29, 1.82) is 0 Å². The zero-order valence-corrected chi connectivity index (χ0v) is 19.0. The quantitative estimate of drug-likeness (QED) is 0.258. The zero-order valence-electron chi connectivity index (χ0n) is 19.0. The molecule has 150 valence electrons. The van der Waals surface area contributed by atoms with Gasteiger partial charge in [0.2, 0.25) is 0 Å². The Balaban J connectivity index is 4.46. The van der Waals surface area contributed by atoms with Crippen molar-refractivity contribution in [2.75, 3.05) is 0 Å². The summed E-state index contributed by atoms with van der Waals surface area (Å²) in [6.45, 7) is 19.0. The molecule has 0 heteroatoms. The van der Waals surface area contributed by atoms with Gasteiger partial charge in [0.25, 0.3) is 0 Å². The first-order chi connectivity index (χ1) is 11.8. The fourth-order valence-electron chi connectivity index (χ4n) is 3.61. The molecule has 0 N–H and O–H groups in total. The second-order valence-corrected chi connectivity index (χ2v) is 9.71. The molecule has 0 saturated heterocycles. The van der Waals surface area contributed by atoms with E-state index in [0.717, 1.165) is 29.6 Å². The van der Waals surface area contributed by atoms with Gasteiger partial charge in [0.05, 0.1) is 0 Å². The van der Waals surface area contributed by atoms with Crippen molar-refractivity contribution in [3.05, 3.63) is 11.6 Å². The van der Waals surface area contributed by atoms with Crippen LogP contribution in [-0.2, 0) is 0 Å². The highest BCUT2D eigenvalue weighted by Gasteiger charge is 2.14. The zero-order chi connectivity index (χ0) is 19.2. The van der Waals surface area contributed by atoms with Gasteiger partial charge in [0.1, 0.15) is 0 Å². The van der Waals surface area contributed by atoms with Crippen molar-refractivity contribution in [1.82, 2.24) is 0 Å². The van der Waals surface area contributed by atoms with E-state index in [1.807, 2.05) is 0 Å². The first-order valence-corrected chi connectivity index (χ1v) is 11.4. The van der Waals surface area contributed by atoms with Crippen molar-refractivity contribution in [3.63, 3.8) is 0 Å². The fraction of sp³-hybridized carbons (Fsp3) is 0.920. The summed E-state index contributed by atoms with van der Waals surface area (Å²) in [5, 5.41) is 0. The van der Waals surface area contributed by atoms with Crippen LogP contribution in [0.5, 0.6) is 0 Å². The van der Waals surface area contributed by atoms with Crippen molar-refractivity contribution >= 4 is 0 Å². The molecule has 0 aromatic heterocycles. The van der Waals surface area contributed by atoms with E-state index >= 15 is 0 Å². The van der Waals surface area contributed by atoms with Gasteiger partial charge in [-0.15, -0.1) is 0 Å². The molecule has 25 heavy (non-hydrogen) atoms. The van der Waals surface area contributed by atoms with Crippen LogP contribution < -0.4 is 0 Å². The molecule has 0 bridgehead atoms. The number of allylic oxidation sites excluding steroid dienone is 2. The minimum atomic E-state index is 0.823. The summed E-state index contributed by atoms with van der Waals surface area (Å²) in [5.41, 5.74) is 1.68. The largest absolute Gasteiger partial charge is 0.0853 e. The van der Waals surface area contributed by atoms with E-state index < -0.39 is 0 Å². The Labute approximate surface area is 161 Å².